The molecule has 2 aliphatic rings. The molecule has 0 radical (unpaired) electrons. The zero-order valence-electron chi connectivity index (χ0n) is 15.9. The van der Waals surface area contributed by atoms with Crippen molar-refractivity contribution in [3.63, 3.8) is 0 Å². The number of amides is 1. The summed E-state index contributed by atoms with van der Waals surface area (Å²) in [5.41, 5.74) is 0.703. The fourth-order valence-corrected chi connectivity index (χ4v) is 3.48. The largest absolute Gasteiger partial charge is 0.454 e. The second-order valence-electron chi connectivity index (χ2n) is 7.24. The number of nitrogens with one attached hydrogen (secondary N) is 2. The quantitative estimate of drug-likeness (QED) is 0.802. The second kappa shape index (κ2) is 7.16. The Balaban J connectivity index is 1.70. The Morgan fingerprint density at radius 1 is 1.38 bits per heavy atom. The van der Waals surface area contributed by atoms with Crippen LogP contribution in [0.25, 0.3) is 0 Å². The molecule has 156 valence electrons. The topological polar surface area (TPSA) is 77.4 Å². The van der Waals surface area contributed by atoms with E-state index in [0.29, 0.717) is 23.5 Å². The maximum atomic E-state index is 13.8. The summed E-state index contributed by atoms with van der Waals surface area (Å²) in [5, 5.41) is 9.72. The summed E-state index contributed by atoms with van der Waals surface area (Å²) < 4.78 is 52.8. The summed E-state index contributed by atoms with van der Waals surface area (Å²) in [6.45, 7) is 3.82. The van der Waals surface area contributed by atoms with Crippen LogP contribution in [0.15, 0.2) is 24.4 Å². The van der Waals surface area contributed by atoms with Crippen molar-refractivity contribution in [2.75, 3.05) is 12.1 Å². The van der Waals surface area contributed by atoms with Crippen LogP contribution in [0.4, 0.5) is 19.0 Å². The molecular weight excluding hydrogens is 389 g/mol. The maximum absolute atomic E-state index is 13.8. The summed E-state index contributed by atoms with van der Waals surface area (Å²) in [5.74, 6) is 0.639. The third-order valence-corrected chi connectivity index (χ3v) is 5.27. The molecule has 0 bridgehead atoms. The molecule has 0 aliphatic carbocycles. The number of rotatable bonds is 4. The molecular formula is C19H21F3N4O3. The van der Waals surface area contributed by atoms with Gasteiger partial charge in [-0.25, -0.2) is 4.68 Å². The predicted molar refractivity (Wildman–Crippen MR) is 98.1 cm³/mol. The number of alkyl halides is 3. The van der Waals surface area contributed by atoms with Crippen LogP contribution < -0.4 is 20.1 Å². The Morgan fingerprint density at radius 3 is 2.86 bits per heavy atom. The molecule has 7 nitrogen and oxygen atoms in total. The Hall–Kier alpha value is -2.91. The lowest BCUT2D eigenvalue weighted by Crippen LogP contribution is -2.37. The van der Waals surface area contributed by atoms with Gasteiger partial charge in [0.25, 0.3) is 5.91 Å². The van der Waals surface area contributed by atoms with Crippen molar-refractivity contribution in [3.8, 4) is 11.5 Å². The number of fused-ring (bicyclic) bond motifs is 2. The summed E-state index contributed by atoms with van der Waals surface area (Å²) in [6.07, 6.45) is -2.89. The molecule has 10 heteroatoms. The van der Waals surface area contributed by atoms with E-state index >= 15 is 0 Å². The van der Waals surface area contributed by atoms with Crippen LogP contribution in [0, 0.1) is 0 Å². The van der Waals surface area contributed by atoms with Gasteiger partial charge in [0.15, 0.2) is 17.5 Å². The number of hydrogen-bond acceptors (Lipinski definition) is 5. The van der Waals surface area contributed by atoms with Gasteiger partial charge in [0.2, 0.25) is 6.79 Å². The standard InChI is InChI=1S/C19H21F3N4O3/c1-3-10(2)24-18(27)12-8-23-26-16(19(20,21)22)7-13(25-17(12)26)11-4-5-14-15(6-11)29-9-28-14/h4-6,8,10,13,16,25H,3,7,9H2,1-2H3,(H,24,27)/t10-,13+,16-/m1/s1. The Bertz CT molecular complexity index is 928. The van der Waals surface area contributed by atoms with Gasteiger partial charge in [0, 0.05) is 12.5 Å². The lowest BCUT2D eigenvalue weighted by atomic mass is 9.96. The molecule has 0 saturated heterocycles. The Kier molecular flexibility index (Phi) is 4.79. The lowest BCUT2D eigenvalue weighted by molar-refractivity contribution is -0.173. The Morgan fingerprint density at radius 2 is 2.14 bits per heavy atom. The zero-order valence-corrected chi connectivity index (χ0v) is 15.9. The van der Waals surface area contributed by atoms with Gasteiger partial charge < -0.3 is 20.1 Å². The highest BCUT2D eigenvalue weighted by Gasteiger charge is 2.47. The molecule has 1 aromatic heterocycles. The number of carbonyl (C=O) groups excluding carboxylic acids is 1. The molecule has 0 fully saturated rings. The predicted octanol–water partition coefficient (Wildman–Crippen LogP) is 3.80. The maximum Gasteiger partial charge on any atom is 0.410 e. The first-order valence-electron chi connectivity index (χ1n) is 9.39. The van der Waals surface area contributed by atoms with E-state index in [0.717, 1.165) is 4.68 Å². The van der Waals surface area contributed by atoms with E-state index in [4.69, 9.17) is 9.47 Å². The fraction of sp³-hybridized carbons (Fsp3) is 0.474. The van der Waals surface area contributed by atoms with Crippen molar-refractivity contribution in [1.82, 2.24) is 15.1 Å². The number of aromatic nitrogens is 2. The van der Waals surface area contributed by atoms with E-state index < -0.39 is 24.2 Å². The molecule has 2 aliphatic heterocycles. The van der Waals surface area contributed by atoms with Crippen LogP contribution in [0.1, 0.15) is 54.7 Å². The van der Waals surface area contributed by atoms with Crippen LogP contribution in [0.5, 0.6) is 11.5 Å². The van der Waals surface area contributed by atoms with E-state index in [2.05, 4.69) is 15.7 Å². The average Bonchev–Trinajstić information content (AvgIpc) is 3.32. The van der Waals surface area contributed by atoms with Crippen LogP contribution in [-0.2, 0) is 0 Å². The molecule has 3 atom stereocenters. The number of ether oxygens (including phenoxy) is 2. The van der Waals surface area contributed by atoms with Crippen molar-refractivity contribution in [2.24, 2.45) is 0 Å². The number of anilines is 1. The van der Waals surface area contributed by atoms with Crippen molar-refractivity contribution in [1.29, 1.82) is 0 Å². The van der Waals surface area contributed by atoms with E-state index in [1.165, 1.54) is 6.20 Å². The summed E-state index contributed by atoms with van der Waals surface area (Å²) in [6, 6.07) is 2.41. The highest BCUT2D eigenvalue weighted by Crippen LogP contribution is 2.45. The zero-order chi connectivity index (χ0) is 20.8. The molecule has 1 aromatic carbocycles. The number of carbonyl (C=O) groups is 1. The van der Waals surface area contributed by atoms with E-state index in [1.54, 1.807) is 18.2 Å². The summed E-state index contributed by atoms with van der Waals surface area (Å²) >= 11 is 0. The number of halogens is 3. The third kappa shape index (κ3) is 3.58. The van der Waals surface area contributed by atoms with Crippen molar-refractivity contribution < 1.29 is 27.4 Å². The average molecular weight is 410 g/mol. The minimum absolute atomic E-state index is 0.0574. The van der Waals surface area contributed by atoms with Gasteiger partial charge in [-0.15, -0.1) is 0 Å². The first kappa shape index (κ1) is 19.4. The molecule has 3 heterocycles. The SMILES string of the molecule is CC[C@@H](C)NC(=O)c1cnn2c1N[C@H](c1ccc3c(c1)OCO3)C[C@@H]2C(F)(F)F. The highest BCUT2D eigenvalue weighted by atomic mass is 19.4. The van der Waals surface area contributed by atoms with Crippen LogP contribution in [0.3, 0.4) is 0 Å². The molecule has 29 heavy (non-hydrogen) atoms. The van der Waals surface area contributed by atoms with Gasteiger partial charge in [0.1, 0.15) is 11.4 Å². The van der Waals surface area contributed by atoms with Gasteiger partial charge >= 0.3 is 6.18 Å². The molecule has 0 unspecified atom stereocenters. The Labute approximate surface area is 165 Å². The molecule has 2 aromatic rings. The minimum Gasteiger partial charge on any atom is -0.454 e. The third-order valence-electron chi connectivity index (χ3n) is 5.27. The molecule has 1 amide bonds. The monoisotopic (exact) mass is 410 g/mol. The lowest BCUT2D eigenvalue weighted by Gasteiger charge is -2.34. The van der Waals surface area contributed by atoms with E-state index in [1.807, 2.05) is 13.8 Å². The highest BCUT2D eigenvalue weighted by molar-refractivity contribution is 5.99. The van der Waals surface area contributed by atoms with Gasteiger partial charge in [-0.1, -0.05) is 13.0 Å². The van der Waals surface area contributed by atoms with Gasteiger partial charge in [-0.3, -0.25) is 4.79 Å². The van der Waals surface area contributed by atoms with Gasteiger partial charge in [0.05, 0.1) is 12.2 Å². The summed E-state index contributed by atoms with van der Waals surface area (Å²) in [4.78, 5) is 12.6. The van der Waals surface area contributed by atoms with Crippen LogP contribution >= 0.6 is 0 Å². The molecule has 0 saturated carbocycles. The minimum atomic E-state index is -4.51. The number of hydrogen-bond donors (Lipinski definition) is 2. The number of benzene rings is 1. The summed E-state index contributed by atoms with van der Waals surface area (Å²) in [7, 11) is 0. The first-order chi connectivity index (χ1) is 13.8. The normalized spacial score (nSPS) is 21.3. The van der Waals surface area contributed by atoms with Crippen LogP contribution in [-0.4, -0.2) is 34.7 Å². The second-order valence-corrected chi connectivity index (χ2v) is 7.24. The first-order valence-corrected chi connectivity index (χ1v) is 9.39. The van der Waals surface area contributed by atoms with Crippen LogP contribution in [0.2, 0.25) is 0 Å². The molecule has 0 spiro atoms. The number of nitrogens with zero attached hydrogens (tertiary/aromatic N) is 2. The van der Waals surface area contributed by atoms with Crippen molar-refractivity contribution in [2.45, 2.75) is 51.0 Å². The van der Waals surface area contributed by atoms with Gasteiger partial charge in [-0.2, -0.15) is 18.3 Å². The van der Waals surface area contributed by atoms with Gasteiger partial charge in [-0.05, 0) is 31.0 Å². The van der Waals surface area contributed by atoms with E-state index in [-0.39, 0.29) is 30.6 Å². The van der Waals surface area contributed by atoms with Crippen molar-refractivity contribution in [3.05, 3.63) is 35.5 Å². The molecule has 4 rings (SSSR count). The fourth-order valence-electron chi connectivity index (χ4n) is 3.48. The smallest absolute Gasteiger partial charge is 0.410 e. The van der Waals surface area contributed by atoms with E-state index in [9.17, 15) is 18.0 Å². The molecule has 2 N–H and O–H groups in total. The van der Waals surface area contributed by atoms with Crippen molar-refractivity contribution >= 4 is 11.7 Å².